The molecule has 8 nitrogen and oxygen atoms in total. The Balaban J connectivity index is 1.64. The van der Waals surface area contributed by atoms with E-state index in [2.05, 4.69) is 37.0 Å². The van der Waals surface area contributed by atoms with Crippen molar-refractivity contribution in [2.75, 3.05) is 10.6 Å². The van der Waals surface area contributed by atoms with Crippen LogP contribution in [0.15, 0.2) is 61.1 Å². The van der Waals surface area contributed by atoms with Crippen LogP contribution in [0.2, 0.25) is 10.0 Å². The van der Waals surface area contributed by atoms with Gasteiger partial charge < -0.3 is 10.6 Å². The van der Waals surface area contributed by atoms with Crippen LogP contribution in [-0.4, -0.2) is 25.0 Å². The summed E-state index contributed by atoms with van der Waals surface area (Å²) in [5, 5.41) is 25.9. The van der Waals surface area contributed by atoms with Crippen molar-refractivity contribution in [1.29, 1.82) is 5.26 Å². The topological polar surface area (TPSA) is 104 Å². The first-order valence-electron chi connectivity index (χ1n) is 12.1. The number of nitriles is 1. The zero-order valence-electron chi connectivity index (χ0n) is 21.2. The lowest BCUT2D eigenvalue weighted by Crippen LogP contribution is -2.15. The molecule has 3 heterocycles. The molecule has 0 fully saturated rings. The zero-order chi connectivity index (χ0) is 27.7. The number of nitrogens with one attached hydrogen (secondary N) is 2. The molecule has 0 saturated carbocycles. The van der Waals surface area contributed by atoms with Gasteiger partial charge in [0, 0.05) is 40.8 Å². The molecule has 196 valence electrons. The molecule has 0 aliphatic rings. The number of aromatic nitrogens is 5. The second-order valence-electron chi connectivity index (χ2n) is 9.21. The van der Waals surface area contributed by atoms with Gasteiger partial charge in [-0.15, -0.1) is 5.10 Å². The Kier molecular flexibility index (Phi) is 7.33. The van der Waals surface area contributed by atoms with Gasteiger partial charge in [-0.2, -0.15) is 5.26 Å². The van der Waals surface area contributed by atoms with E-state index in [-0.39, 0.29) is 22.3 Å². The zero-order valence-corrected chi connectivity index (χ0v) is 22.8. The first kappa shape index (κ1) is 26.4. The van der Waals surface area contributed by atoms with Crippen molar-refractivity contribution >= 4 is 51.2 Å². The SMILES string of the molecule is Cc1ncccc1[C@H](Nc1cc(Cl)c2ncc(C#N)c(Nc3cccc(Cl)c3F)c2c1)c1cn(C(C)C)nn1. The van der Waals surface area contributed by atoms with Crippen molar-refractivity contribution in [3.8, 4) is 6.07 Å². The number of fused-ring (bicyclic) bond motifs is 1. The molecular weight excluding hydrogens is 538 g/mol. The van der Waals surface area contributed by atoms with Crippen LogP contribution in [0.1, 0.15) is 48.4 Å². The summed E-state index contributed by atoms with van der Waals surface area (Å²) in [6.07, 6.45) is 5.02. The minimum absolute atomic E-state index is 0.0404. The molecule has 5 aromatic rings. The van der Waals surface area contributed by atoms with Crippen molar-refractivity contribution in [2.24, 2.45) is 0 Å². The van der Waals surface area contributed by atoms with E-state index in [1.165, 1.54) is 18.3 Å². The summed E-state index contributed by atoms with van der Waals surface area (Å²) in [5.41, 5.74) is 4.21. The van der Waals surface area contributed by atoms with Crippen LogP contribution in [0, 0.1) is 24.1 Å². The van der Waals surface area contributed by atoms with E-state index in [9.17, 15) is 9.65 Å². The fourth-order valence-electron chi connectivity index (χ4n) is 4.25. The van der Waals surface area contributed by atoms with Gasteiger partial charge in [0.05, 0.1) is 44.7 Å². The minimum Gasteiger partial charge on any atom is -0.373 e. The van der Waals surface area contributed by atoms with Gasteiger partial charge in [-0.1, -0.05) is 40.5 Å². The van der Waals surface area contributed by atoms with Crippen LogP contribution >= 0.6 is 23.2 Å². The van der Waals surface area contributed by atoms with Gasteiger partial charge in [-0.25, -0.2) is 9.07 Å². The highest BCUT2D eigenvalue weighted by Crippen LogP contribution is 2.37. The molecule has 0 amide bonds. The lowest BCUT2D eigenvalue weighted by molar-refractivity contribution is 0.514. The highest BCUT2D eigenvalue weighted by molar-refractivity contribution is 6.36. The van der Waals surface area contributed by atoms with E-state index < -0.39 is 11.9 Å². The van der Waals surface area contributed by atoms with E-state index in [4.69, 9.17) is 23.2 Å². The monoisotopic (exact) mass is 560 g/mol. The molecule has 39 heavy (non-hydrogen) atoms. The van der Waals surface area contributed by atoms with Gasteiger partial charge in [-0.05, 0) is 51.1 Å². The molecule has 3 aromatic heterocycles. The molecule has 1 atom stereocenters. The third-order valence-electron chi connectivity index (χ3n) is 6.28. The van der Waals surface area contributed by atoms with E-state index >= 15 is 0 Å². The Morgan fingerprint density at radius 3 is 2.62 bits per heavy atom. The maximum Gasteiger partial charge on any atom is 0.165 e. The van der Waals surface area contributed by atoms with E-state index in [1.807, 2.05) is 45.2 Å². The first-order chi connectivity index (χ1) is 18.8. The number of benzene rings is 2. The largest absolute Gasteiger partial charge is 0.373 e. The molecule has 0 unspecified atom stereocenters. The maximum atomic E-state index is 14.8. The van der Waals surface area contributed by atoms with Crippen LogP contribution in [0.3, 0.4) is 0 Å². The Morgan fingerprint density at radius 2 is 1.90 bits per heavy atom. The molecular formula is C28H23Cl2FN8. The Labute approximate surface area is 234 Å². The normalized spacial score (nSPS) is 11.9. The number of nitrogens with zero attached hydrogens (tertiary/aromatic N) is 6. The first-order valence-corrected chi connectivity index (χ1v) is 12.9. The second kappa shape index (κ2) is 10.8. The van der Waals surface area contributed by atoms with Crippen LogP contribution in [-0.2, 0) is 0 Å². The van der Waals surface area contributed by atoms with Gasteiger partial charge in [-0.3, -0.25) is 9.97 Å². The number of rotatable bonds is 7. The quantitative estimate of drug-likeness (QED) is 0.214. The number of pyridine rings is 2. The number of aryl methyl sites for hydroxylation is 1. The fraction of sp³-hybridized carbons (Fsp3) is 0.179. The number of anilines is 3. The summed E-state index contributed by atoms with van der Waals surface area (Å²) in [7, 11) is 0. The smallest absolute Gasteiger partial charge is 0.165 e. The Bertz CT molecular complexity index is 1730. The van der Waals surface area contributed by atoms with Crippen molar-refractivity contribution < 1.29 is 4.39 Å². The summed E-state index contributed by atoms with van der Waals surface area (Å²) in [6.45, 7) is 5.97. The maximum absolute atomic E-state index is 14.8. The van der Waals surface area contributed by atoms with Crippen molar-refractivity contribution in [3.63, 3.8) is 0 Å². The van der Waals surface area contributed by atoms with E-state index in [0.717, 1.165) is 11.3 Å². The van der Waals surface area contributed by atoms with Crippen molar-refractivity contribution in [2.45, 2.75) is 32.9 Å². The van der Waals surface area contributed by atoms with Gasteiger partial charge in [0.2, 0.25) is 0 Å². The molecule has 5 rings (SSSR count). The molecule has 11 heteroatoms. The number of hydrogen-bond donors (Lipinski definition) is 2. The summed E-state index contributed by atoms with van der Waals surface area (Å²) in [5.74, 6) is -0.631. The van der Waals surface area contributed by atoms with Gasteiger partial charge in [0.1, 0.15) is 11.8 Å². The average molecular weight is 561 g/mol. The summed E-state index contributed by atoms with van der Waals surface area (Å²) in [6, 6.07) is 13.9. The van der Waals surface area contributed by atoms with Crippen LogP contribution in [0.4, 0.5) is 21.5 Å². The van der Waals surface area contributed by atoms with Crippen LogP contribution < -0.4 is 10.6 Å². The van der Waals surface area contributed by atoms with E-state index in [0.29, 0.717) is 33.0 Å². The lowest BCUT2D eigenvalue weighted by Gasteiger charge is -2.21. The molecule has 2 N–H and O–H groups in total. The van der Waals surface area contributed by atoms with Crippen molar-refractivity contribution in [3.05, 3.63) is 99.4 Å². The van der Waals surface area contributed by atoms with Crippen LogP contribution in [0.5, 0.6) is 0 Å². The summed E-state index contributed by atoms with van der Waals surface area (Å²) in [4.78, 5) is 8.84. The molecule has 2 aromatic carbocycles. The predicted octanol–water partition coefficient (Wildman–Crippen LogP) is 7.37. The molecule has 0 aliphatic carbocycles. The third-order valence-corrected chi connectivity index (χ3v) is 6.86. The number of halogens is 3. The summed E-state index contributed by atoms with van der Waals surface area (Å²) >= 11 is 12.7. The minimum atomic E-state index is -0.631. The predicted molar refractivity (Wildman–Crippen MR) is 151 cm³/mol. The highest BCUT2D eigenvalue weighted by atomic mass is 35.5. The Hall–Kier alpha value is -4.26. The Morgan fingerprint density at radius 1 is 1.08 bits per heavy atom. The number of hydrogen-bond acceptors (Lipinski definition) is 7. The third kappa shape index (κ3) is 5.21. The highest BCUT2D eigenvalue weighted by Gasteiger charge is 2.22. The van der Waals surface area contributed by atoms with Crippen molar-refractivity contribution in [1.82, 2.24) is 25.0 Å². The van der Waals surface area contributed by atoms with Crippen LogP contribution in [0.25, 0.3) is 10.9 Å². The average Bonchev–Trinajstić information content (AvgIpc) is 3.41. The second-order valence-corrected chi connectivity index (χ2v) is 10.0. The molecule has 0 bridgehead atoms. The fourth-order valence-corrected chi connectivity index (χ4v) is 4.69. The van der Waals surface area contributed by atoms with E-state index in [1.54, 1.807) is 23.0 Å². The lowest BCUT2D eigenvalue weighted by atomic mass is 10.0. The standard InChI is InChI=1S/C28H23Cl2FN8/c1-15(2)39-14-24(37-38-39)28(19-6-5-9-33-16(19)3)35-18-10-20-26(36-23-8-4-7-21(29)25(23)31)17(12-32)13-34-27(20)22(30)11-18/h4-11,13-15,28,35H,1-3H3,(H,34,36)/t28-/m0/s1. The van der Waals surface area contributed by atoms with Gasteiger partial charge in [0.15, 0.2) is 5.82 Å². The van der Waals surface area contributed by atoms with Gasteiger partial charge in [0.25, 0.3) is 0 Å². The molecule has 0 saturated heterocycles. The molecule has 0 spiro atoms. The molecule has 0 radical (unpaired) electrons. The summed E-state index contributed by atoms with van der Waals surface area (Å²) < 4.78 is 16.6. The van der Waals surface area contributed by atoms with Gasteiger partial charge >= 0.3 is 0 Å². The molecule has 0 aliphatic heterocycles.